The van der Waals surface area contributed by atoms with Gasteiger partial charge in [-0.05, 0) is 90.1 Å². The van der Waals surface area contributed by atoms with E-state index in [0.717, 1.165) is 45.3 Å². The first-order chi connectivity index (χ1) is 23.4. The second kappa shape index (κ2) is 15.3. The summed E-state index contributed by atoms with van der Waals surface area (Å²) >= 11 is 0. The SMILES string of the molecule is CC(C)Cc1cc(-c2[c-]cccc2)ncc1[Si](C)(C)C.Cc1cc(C)c(-c2ccnc(-c3[c-]ccc4c3oc3nc(F)ccc34)c2)c(C)c1.[Ir]. The van der Waals surface area contributed by atoms with Crippen LogP contribution in [0.2, 0.25) is 19.6 Å². The van der Waals surface area contributed by atoms with Gasteiger partial charge in [0.05, 0.1) is 13.7 Å². The monoisotopic (exact) mass is 856 g/mol. The third-order valence-corrected chi connectivity index (χ3v) is 10.7. The van der Waals surface area contributed by atoms with Crippen molar-refractivity contribution in [3.05, 3.63) is 132 Å². The van der Waals surface area contributed by atoms with Gasteiger partial charge in [0.1, 0.15) is 0 Å². The molecule has 0 fully saturated rings. The van der Waals surface area contributed by atoms with Crippen molar-refractivity contribution in [1.82, 2.24) is 15.0 Å². The number of fused-ring (bicyclic) bond motifs is 3. The molecule has 0 N–H and O–H groups in total. The molecular weight excluding hydrogens is 814 g/mol. The van der Waals surface area contributed by atoms with Gasteiger partial charge in [0, 0.05) is 37.9 Å². The van der Waals surface area contributed by atoms with Crippen LogP contribution in [0.5, 0.6) is 0 Å². The Labute approximate surface area is 309 Å². The molecule has 0 saturated carbocycles. The van der Waals surface area contributed by atoms with Gasteiger partial charge in [-0.15, -0.1) is 54.1 Å². The van der Waals surface area contributed by atoms with Crippen LogP contribution in [0.3, 0.4) is 0 Å². The van der Waals surface area contributed by atoms with Gasteiger partial charge in [-0.25, -0.2) is 0 Å². The third kappa shape index (κ3) is 8.02. The maximum absolute atomic E-state index is 13.5. The van der Waals surface area contributed by atoms with Gasteiger partial charge in [0.25, 0.3) is 0 Å². The van der Waals surface area contributed by atoms with E-state index >= 15 is 0 Å². The first-order valence-electron chi connectivity index (χ1n) is 16.8. The van der Waals surface area contributed by atoms with Crippen molar-refractivity contribution < 1.29 is 28.9 Å². The number of hydrogen-bond acceptors (Lipinski definition) is 4. The molecule has 7 aromatic rings. The van der Waals surface area contributed by atoms with Gasteiger partial charge < -0.3 is 14.4 Å². The normalized spacial score (nSPS) is 11.4. The van der Waals surface area contributed by atoms with Crippen LogP contribution < -0.4 is 5.19 Å². The summed E-state index contributed by atoms with van der Waals surface area (Å²) in [4.78, 5) is 13.1. The number of nitrogens with zero attached hydrogens (tertiary/aromatic N) is 3. The fourth-order valence-electron chi connectivity index (χ4n) is 6.63. The standard InChI is InChI=1S/C25H18FN2O.C18H24NSi.Ir/c1-14-11-15(2)23(16(3)12-14)17-9-10-27-21(13-17)20-6-4-5-18-19-7-8-22(26)28-25(19)29-24(18)20;1-14(2)11-16-12-17(15-9-7-6-8-10-15)19-13-18(16)20(3,4)5;/h4-5,7-13H,1-3H3;6-9,12-14H,11H2,1-5H3;/q2*-1;. The van der Waals surface area contributed by atoms with Gasteiger partial charge in [0.15, 0.2) is 0 Å². The Hall–Kier alpha value is -4.29. The predicted molar refractivity (Wildman–Crippen MR) is 203 cm³/mol. The van der Waals surface area contributed by atoms with E-state index in [1.807, 2.05) is 36.4 Å². The minimum absolute atomic E-state index is 0. The molecule has 0 unspecified atom stereocenters. The van der Waals surface area contributed by atoms with Gasteiger partial charge in [-0.2, -0.15) is 9.37 Å². The second-order valence-electron chi connectivity index (χ2n) is 14.2. The van der Waals surface area contributed by atoms with Crippen LogP contribution in [0.15, 0.2) is 95.7 Å². The van der Waals surface area contributed by atoms with E-state index in [9.17, 15) is 4.39 Å². The first kappa shape index (κ1) is 37.0. The van der Waals surface area contributed by atoms with Crippen LogP contribution in [-0.4, -0.2) is 23.0 Å². The minimum atomic E-state index is -1.34. The maximum atomic E-state index is 13.5. The summed E-state index contributed by atoms with van der Waals surface area (Å²) < 4.78 is 19.4. The molecule has 0 atom stereocenters. The Morgan fingerprint density at radius 3 is 2.26 bits per heavy atom. The van der Waals surface area contributed by atoms with Crippen molar-refractivity contribution in [3.8, 4) is 33.6 Å². The fourth-order valence-corrected chi connectivity index (χ4v) is 8.22. The summed E-state index contributed by atoms with van der Waals surface area (Å²) in [7, 11) is -1.34. The van der Waals surface area contributed by atoms with E-state index in [1.54, 1.807) is 12.3 Å². The molecule has 257 valence electrons. The number of pyridine rings is 3. The van der Waals surface area contributed by atoms with E-state index in [2.05, 4.69) is 118 Å². The first-order valence-corrected chi connectivity index (χ1v) is 20.3. The number of aryl methyl sites for hydroxylation is 3. The van der Waals surface area contributed by atoms with Crippen molar-refractivity contribution in [2.45, 2.75) is 60.7 Å². The summed E-state index contributed by atoms with van der Waals surface area (Å²) in [5, 5.41) is 3.14. The molecule has 4 heterocycles. The van der Waals surface area contributed by atoms with E-state index in [-0.39, 0.29) is 25.8 Å². The molecule has 4 nitrogen and oxygen atoms in total. The topological polar surface area (TPSA) is 51.8 Å². The zero-order chi connectivity index (χ0) is 34.9. The number of furan rings is 1. The summed E-state index contributed by atoms with van der Waals surface area (Å²) in [5.41, 5.74) is 12.0. The number of rotatable bonds is 6. The third-order valence-electron chi connectivity index (χ3n) is 8.66. The smallest absolute Gasteiger partial charge is 0.218 e. The Morgan fingerprint density at radius 1 is 0.820 bits per heavy atom. The Morgan fingerprint density at radius 2 is 1.58 bits per heavy atom. The average molecular weight is 856 g/mol. The molecule has 4 aromatic heterocycles. The Balaban J connectivity index is 0.000000204. The number of hydrogen-bond donors (Lipinski definition) is 0. The van der Waals surface area contributed by atoms with E-state index in [1.165, 1.54) is 39.1 Å². The van der Waals surface area contributed by atoms with Crippen LogP contribution in [0, 0.1) is 44.8 Å². The Kier molecular flexibility index (Phi) is 11.3. The van der Waals surface area contributed by atoms with Crippen molar-refractivity contribution >= 4 is 35.3 Å². The van der Waals surface area contributed by atoms with E-state index in [4.69, 9.17) is 4.42 Å². The van der Waals surface area contributed by atoms with Crippen LogP contribution in [0.1, 0.15) is 36.1 Å². The molecule has 3 aromatic carbocycles. The van der Waals surface area contributed by atoms with E-state index in [0.29, 0.717) is 11.5 Å². The van der Waals surface area contributed by atoms with Gasteiger partial charge >= 0.3 is 0 Å². The maximum Gasteiger partial charge on any atom is 0.218 e. The molecule has 7 rings (SSSR count). The van der Waals surface area contributed by atoms with Crippen LogP contribution >= 0.6 is 0 Å². The zero-order valence-electron chi connectivity index (χ0n) is 29.9. The molecule has 7 heteroatoms. The Bertz CT molecular complexity index is 2250. The number of aromatic nitrogens is 3. The van der Waals surface area contributed by atoms with Crippen LogP contribution in [-0.2, 0) is 26.5 Å². The molecule has 0 aliphatic carbocycles. The minimum Gasteiger partial charge on any atom is -0.486 e. The summed E-state index contributed by atoms with van der Waals surface area (Å²) in [6.07, 6.45) is 5.04. The molecule has 0 amide bonds. The van der Waals surface area contributed by atoms with Crippen LogP contribution in [0.25, 0.3) is 55.7 Å². The zero-order valence-corrected chi connectivity index (χ0v) is 33.3. The molecule has 1 radical (unpaired) electrons. The predicted octanol–water partition coefficient (Wildman–Crippen LogP) is 10.9. The molecular formula is C43H42FIrN3OSi-2. The molecule has 50 heavy (non-hydrogen) atoms. The van der Waals surface area contributed by atoms with Crippen molar-refractivity contribution in [3.63, 3.8) is 0 Å². The molecule has 0 spiro atoms. The molecule has 0 saturated heterocycles. The average Bonchev–Trinajstić information content (AvgIpc) is 3.42. The quantitative estimate of drug-likeness (QED) is 0.0950. The number of halogens is 1. The summed E-state index contributed by atoms with van der Waals surface area (Å²) in [6.45, 7) is 18.1. The molecule has 0 aliphatic rings. The summed E-state index contributed by atoms with van der Waals surface area (Å²) in [5.74, 6) is 0.104. The summed E-state index contributed by atoms with van der Waals surface area (Å²) in [6, 6.07) is 32.1. The molecule has 0 aliphatic heterocycles. The van der Waals surface area contributed by atoms with Gasteiger partial charge in [-0.1, -0.05) is 79.8 Å². The van der Waals surface area contributed by atoms with E-state index < -0.39 is 14.0 Å². The van der Waals surface area contributed by atoms with Crippen molar-refractivity contribution in [2.75, 3.05) is 0 Å². The van der Waals surface area contributed by atoms with Crippen molar-refractivity contribution in [1.29, 1.82) is 0 Å². The van der Waals surface area contributed by atoms with Gasteiger partial charge in [0.2, 0.25) is 11.7 Å². The van der Waals surface area contributed by atoms with Gasteiger partial charge in [-0.3, -0.25) is 0 Å². The number of benzene rings is 3. The van der Waals surface area contributed by atoms with Crippen LogP contribution in [0.4, 0.5) is 4.39 Å². The second-order valence-corrected chi connectivity index (χ2v) is 19.3. The fraction of sp³-hybridized carbons (Fsp3) is 0.233. The molecule has 0 bridgehead atoms. The largest absolute Gasteiger partial charge is 0.486 e. The van der Waals surface area contributed by atoms with Crippen molar-refractivity contribution in [2.24, 2.45) is 5.92 Å².